The van der Waals surface area contributed by atoms with Crippen molar-refractivity contribution in [2.24, 2.45) is 5.92 Å². The molecule has 3 unspecified atom stereocenters. The van der Waals surface area contributed by atoms with Gasteiger partial charge in [-0.05, 0) is 37.3 Å². The Morgan fingerprint density at radius 2 is 1.69 bits per heavy atom. The second-order valence-electron chi connectivity index (χ2n) is 8.68. The molecule has 1 heterocycles. The van der Waals surface area contributed by atoms with Gasteiger partial charge in [-0.1, -0.05) is 56.2 Å². The first-order valence-electron chi connectivity index (χ1n) is 10.4. The Hall–Kier alpha value is -1.89. The lowest BCUT2D eigenvalue weighted by atomic mass is 9.71. The van der Waals surface area contributed by atoms with Crippen LogP contribution in [0.1, 0.15) is 39.0 Å². The summed E-state index contributed by atoms with van der Waals surface area (Å²) in [5.74, 6) is 0.193. The molecule has 6 heteroatoms. The van der Waals surface area contributed by atoms with Crippen molar-refractivity contribution in [3.63, 3.8) is 0 Å². The normalized spacial score (nSPS) is 24.2. The minimum atomic E-state index is -3.36. The molecule has 1 fully saturated rings. The quantitative estimate of drug-likeness (QED) is 0.639. The van der Waals surface area contributed by atoms with E-state index in [1.165, 1.54) is 17.0 Å². The van der Waals surface area contributed by atoms with Gasteiger partial charge in [0, 0.05) is 33.9 Å². The van der Waals surface area contributed by atoms with Gasteiger partial charge in [-0.15, -0.1) is 0 Å². The van der Waals surface area contributed by atoms with Crippen LogP contribution >= 0.6 is 0 Å². The Bertz CT molecular complexity index is 1070. The summed E-state index contributed by atoms with van der Waals surface area (Å²) in [4.78, 5) is 0. The molecule has 1 aromatic heterocycles. The average molecular weight is 415 g/mol. The smallest absolute Gasteiger partial charge is 0.209 e. The van der Waals surface area contributed by atoms with E-state index >= 15 is 0 Å². The van der Waals surface area contributed by atoms with Crippen LogP contribution in [0.2, 0.25) is 0 Å². The lowest BCUT2D eigenvalue weighted by Crippen LogP contribution is -2.56. The third-order valence-electron chi connectivity index (χ3n) is 6.52. The van der Waals surface area contributed by atoms with E-state index in [1.54, 1.807) is 0 Å². The van der Waals surface area contributed by atoms with E-state index < -0.39 is 21.7 Å². The van der Waals surface area contributed by atoms with Gasteiger partial charge in [-0.3, -0.25) is 0 Å². The molecule has 2 N–H and O–H groups in total. The van der Waals surface area contributed by atoms with Gasteiger partial charge in [0.2, 0.25) is 10.0 Å². The van der Waals surface area contributed by atoms with E-state index in [-0.39, 0.29) is 5.92 Å². The predicted molar refractivity (Wildman–Crippen MR) is 118 cm³/mol. The van der Waals surface area contributed by atoms with Crippen molar-refractivity contribution in [2.75, 3.05) is 6.26 Å². The molecule has 0 amide bonds. The molecule has 1 aliphatic rings. The second kappa shape index (κ2) is 7.74. The summed E-state index contributed by atoms with van der Waals surface area (Å²) in [6.07, 6.45) is 4.82. The molecule has 0 bridgehead atoms. The van der Waals surface area contributed by atoms with Crippen molar-refractivity contribution in [1.29, 1.82) is 0 Å². The first-order valence-corrected chi connectivity index (χ1v) is 12.3. The third kappa shape index (κ3) is 4.06. The Balaban J connectivity index is 1.67. The van der Waals surface area contributed by atoms with Crippen LogP contribution in [0, 0.1) is 5.92 Å². The van der Waals surface area contributed by atoms with Crippen molar-refractivity contribution in [2.45, 2.75) is 57.2 Å². The van der Waals surface area contributed by atoms with Crippen LogP contribution in [-0.4, -0.2) is 36.0 Å². The summed E-state index contributed by atoms with van der Waals surface area (Å²) in [6.45, 7) is 2.54. The van der Waals surface area contributed by atoms with Crippen LogP contribution in [0.5, 0.6) is 0 Å². The summed E-state index contributed by atoms with van der Waals surface area (Å²) in [7, 11) is -3.36. The number of aliphatic hydroxyl groups excluding tert-OH is 1. The number of rotatable bonds is 6. The van der Waals surface area contributed by atoms with Crippen LogP contribution in [0.15, 0.2) is 48.5 Å². The molecule has 0 saturated heterocycles. The highest BCUT2D eigenvalue weighted by molar-refractivity contribution is 7.88. The molecule has 0 spiro atoms. The number of hydrogen-bond donors (Lipinski definition) is 2. The number of para-hydroxylation sites is 2. The Morgan fingerprint density at radius 3 is 2.24 bits per heavy atom. The molecule has 0 aliphatic heterocycles. The van der Waals surface area contributed by atoms with E-state index in [9.17, 15) is 13.5 Å². The van der Waals surface area contributed by atoms with E-state index in [0.717, 1.165) is 36.7 Å². The molecule has 156 valence electrons. The fourth-order valence-electron chi connectivity index (χ4n) is 5.18. The summed E-state index contributed by atoms with van der Waals surface area (Å²) in [5, 5.41) is 13.5. The average Bonchev–Trinajstić information content (AvgIpc) is 2.97. The fraction of sp³-hybridized carbons (Fsp3) is 0.478. The first-order chi connectivity index (χ1) is 13.8. The van der Waals surface area contributed by atoms with E-state index in [1.807, 2.05) is 24.3 Å². The number of hydrogen-bond acceptors (Lipinski definition) is 3. The topological polar surface area (TPSA) is 71.3 Å². The van der Waals surface area contributed by atoms with Gasteiger partial charge < -0.3 is 9.67 Å². The molecule has 3 aromatic rings. The molecular weight excluding hydrogens is 384 g/mol. The van der Waals surface area contributed by atoms with Gasteiger partial charge in [0.05, 0.1) is 12.4 Å². The van der Waals surface area contributed by atoms with Gasteiger partial charge in [0.1, 0.15) is 0 Å². The Morgan fingerprint density at radius 1 is 1.10 bits per heavy atom. The highest BCUT2D eigenvalue weighted by Gasteiger charge is 2.41. The van der Waals surface area contributed by atoms with Crippen molar-refractivity contribution in [3.05, 3.63) is 48.5 Å². The standard InChI is InChI=1S/C23H30N2O3S/c1-17-9-7-8-14-23(17,24-29(2,27)28)15-18(26)16-25-21-12-5-3-10-19(21)20-11-4-6-13-22(20)25/h3-6,10-13,17-18,24,26H,7-9,14-16H2,1-2H3. The van der Waals surface area contributed by atoms with E-state index in [4.69, 9.17) is 0 Å². The number of fused-ring (bicyclic) bond motifs is 3. The summed E-state index contributed by atoms with van der Waals surface area (Å²) >= 11 is 0. The van der Waals surface area contributed by atoms with Crippen molar-refractivity contribution < 1.29 is 13.5 Å². The zero-order valence-corrected chi connectivity index (χ0v) is 18.0. The number of nitrogens with zero attached hydrogens (tertiary/aromatic N) is 1. The number of sulfonamides is 1. The van der Waals surface area contributed by atoms with Crippen LogP contribution in [0.4, 0.5) is 0 Å². The summed E-state index contributed by atoms with van der Waals surface area (Å²) < 4.78 is 29.3. The summed E-state index contributed by atoms with van der Waals surface area (Å²) in [6, 6.07) is 16.5. The molecule has 1 saturated carbocycles. The molecule has 2 aromatic carbocycles. The van der Waals surface area contributed by atoms with Crippen molar-refractivity contribution in [1.82, 2.24) is 9.29 Å². The zero-order chi connectivity index (χ0) is 20.6. The van der Waals surface area contributed by atoms with Crippen LogP contribution in [0.25, 0.3) is 21.8 Å². The highest BCUT2D eigenvalue weighted by atomic mass is 32.2. The van der Waals surface area contributed by atoms with Crippen LogP contribution in [0.3, 0.4) is 0 Å². The summed E-state index contributed by atoms with van der Waals surface area (Å²) in [5.41, 5.74) is 1.61. The lowest BCUT2D eigenvalue weighted by Gasteiger charge is -2.44. The lowest BCUT2D eigenvalue weighted by molar-refractivity contribution is 0.0703. The molecular formula is C23H30N2O3S. The SMILES string of the molecule is CC1CCCCC1(CC(O)Cn1c2ccccc2c2ccccc21)NS(C)(=O)=O. The Kier molecular flexibility index (Phi) is 5.44. The predicted octanol–water partition coefficient (Wildman–Crippen LogP) is 4.04. The maximum absolute atomic E-state index is 12.1. The van der Waals surface area contributed by atoms with Crippen molar-refractivity contribution in [3.8, 4) is 0 Å². The zero-order valence-electron chi connectivity index (χ0n) is 17.1. The van der Waals surface area contributed by atoms with E-state index in [0.29, 0.717) is 13.0 Å². The fourth-order valence-corrected chi connectivity index (χ4v) is 6.30. The van der Waals surface area contributed by atoms with Gasteiger partial charge >= 0.3 is 0 Å². The maximum atomic E-state index is 12.1. The maximum Gasteiger partial charge on any atom is 0.209 e. The third-order valence-corrected chi connectivity index (χ3v) is 7.29. The monoisotopic (exact) mass is 414 g/mol. The Labute approximate surface area is 172 Å². The number of benzene rings is 2. The molecule has 4 rings (SSSR count). The van der Waals surface area contributed by atoms with Crippen LogP contribution < -0.4 is 4.72 Å². The molecule has 29 heavy (non-hydrogen) atoms. The highest BCUT2D eigenvalue weighted by Crippen LogP contribution is 2.38. The minimum absolute atomic E-state index is 0.193. The van der Waals surface area contributed by atoms with Gasteiger partial charge in [-0.2, -0.15) is 0 Å². The van der Waals surface area contributed by atoms with Gasteiger partial charge in [0.25, 0.3) is 0 Å². The largest absolute Gasteiger partial charge is 0.391 e. The number of aliphatic hydroxyl groups is 1. The number of nitrogens with one attached hydrogen (secondary N) is 1. The molecule has 0 radical (unpaired) electrons. The molecule has 3 atom stereocenters. The van der Waals surface area contributed by atoms with Gasteiger partial charge in [-0.25, -0.2) is 13.1 Å². The van der Waals surface area contributed by atoms with Crippen molar-refractivity contribution >= 4 is 31.8 Å². The van der Waals surface area contributed by atoms with Gasteiger partial charge in [0.15, 0.2) is 0 Å². The van der Waals surface area contributed by atoms with Crippen LogP contribution in [-0.2, 0) is 16.6 Å². The van der Waals surface area contributed by atoms with E-state index in [2.05, 4.69) is 40.5 Å². The molecule has 1 aliphatic carbocycles. The second-order valence-corrected chi connectivity index (χ2v) is 10.4. The first kappa shape index (κ1) is 20.4. The molecule has 5 nitrogen and oxygen atoms in total. The number of aromatic nitrogens is 1. The minimum Gasteiger partial charge on any atom is -0.391 e.